The highest BCUT2D eigenvalue weighted by Gasteiger charge is 2.12. The molecule has 0 saturated carbocycles. The summed E-state index contributed by atoms with van der Waals surface area (Å²) in [6.07, 6.45) is 1.57. The molecule has 1 unspecified atom stereocenters. The summed E-state index contributed by atoms with van der Waals surface area (Å²) >= 11 is 0. The van der Waals surface area contributed by atoms with Gasteiger partial charge in [0, 0.05) is 5.56 Å². The first kappa shape index (κ1) is 15.0. The minimum Gasteiger partial charge on any atom is -0.491 e. The van der Waals surface area contributed by atoms with Crippen molar-refractivity contribution < 1.29 is 9.53 Å². The molecule has 0 fully saturated rings. The summed E-state index contributed by atoms with van der Waals surface area (Å²) in [5.41, 5.74) is 0.509. The summed E-state index contributed by atoms with van der Waals surface area (Å²) in [6, 6.07) is 8.63. The fourth-order valence-corrected chi connectivity index (χ4v) is 1.68. The monoisotopic (exact) mass is 260 g/mol. The molecule has 1 rings (SSSR count). The molecular formula is C15H20N2O2. The van der Waals surface area contributed by atoms with Gasteiger partial charge in [0.05, 0.1) is 12.2 Å². The van der Waals surface area contributed by atoms with Gasteiger partial charge in [0.2, 0.25) is 0 Å². The van der Waals surface area contributed by atoms with Crippen LogP contribution in [0.5, 0.6) is 5.75 Å². The number of carbonyl (C=O) groups excluding carboxylic acids is 1. The van der Waals surface area contributed by atoms with Crippen molar-refractivity contribution >= 4 is 5.91 Å². The zero-order valence-corrected chi connectivity index (χ0v) is 11.6. The molecule has 0 heterocycles. The Morgan fingerprint density at radius 2 is 2.21 bits per heavy atom. The van der Waals surface area contributed by atoms with Gasteiger partial charge in [0.25, 0.3) is 5.91 Å². The second kappa shape index (κ2) is 7.42. The maximum absolute atomic E-state index is 12.0. The Morgan fingerprint density at radius 1 is 1.47 bits per heavy atom. The second-order valence-corrected chi connectivity index (χ2v) is 4.64. The van der Waals surface area contributed by atoms with Crippen LogP contribution in [-0.4, -0.2) is 18.1 Å². The number of amides is 1. The lowest BCUT2D eigenvalue weighted by molar-refractivity contribution is 0.0943. The minimum absolute atomic E-state index is 0.0604. The lowest BCUT2D eigenvalue weighted by Crippen LogP contribution is -2.33. The van der Waals surface area contributed by atoms with Gasteiger partial charge in [-0.3, -0.25) is 4.79 Å². The average Bonchev–Trinajstić information content (AvgIpc) is 2.37. The molecule has 4 heteroatoms. The number of hydrogen-bond donors (Lipinski definition) is 1. The van der Waals surface area contributed by atoms with Gasteiger partial charge in [-0.15, -0.1) is 0 Å². The standard InChI is InChI=1S/C15H20N2O2/c1-4-6-13(10-16)17-15(18)12-7-5-8-14(9-12)19-11(2)3/h5,7-9,11,13H,4,6H2,1-3H3,(H,17,18). The third-order valence-electron chi connectivity index (χ3n) is 2.51. The molecule has 0 aliphatic carbocycles. The highest BCUT2D eigenvalue weighted by Crippen LogP contribution is 2.15. The zero-order chi connectivity index (χ0) is 14.3. The lowest BCUT2D eigenvalue weighted by Gasteiger charge is -2.13. The van der Waals surface area contributed by atoms with Crippen LogP contribution in [0.15, 0.2) is 24.3 Å². The number of hydrogen-bond acceptors (Lipinski definition) is 3. The smallest absolute Gasteiger partial charge is 0.252 e. The van der Waals surface area contributed by atoms with Crippen LogP contribution >= 0.6 is 0 Å². The topological polar surface area (TPSA) is 62.1 Å². The number of carbonyl (C=O) groups is 1. The predicted molar refractivity (Wildman–Crippen MR) is 74.0 cm³/mol. The molecule has 0 bridgehead atoms. The van der Waals surface area contributed by atoms with E-state index in [9.17, 15) is 4.79 Å². The van der Waals surface area contributed by atoms with E-state index >= 15 is 0 Å². The van der Waals surface area contributed by atoms with Crippen LogP contribution in [-0.2, 0) is 0 Å². The summed E-state index contributed by atoms with van der Waals surface area (Å²) < 4.78 is 5.54. The Kier molecular flexibility index (Phi) is 5.87. The highest BCUT2D eigenvalue weighted by molar-refractivity contribution is 5.94. The van der Waals surface area contributed by atoms with Crippen molar-refractivity contribution in [2.75, 3.05) is 0 Å². The first-order chi connectivity index (χ1) is 9.06. The predicted octanol–water partition coefficient (Wildman–Crippen LogP) is 2.90. The lowest BCUT2D eigenvalue weighted by atomic mass is 10.1. The molecule has 102 valence electrons. The van der Waals surface area contributed by atoms with E-state index in [2.05, 4.69) is 11.4 Å². The van der Waals surface area contributed by atoms with Crippen molar-refractivity contribution in [3.05, 3.63) is 29.8 Å². The van der Waals surface area contributed by atoms with Gasteiger partial charge in [-0.05, 0) is 38.5 Å². The Bertz CT molecular complexity index is 463. The SMILES string of the molecule is CCCC(C#N)NC(=O)c1cccc(OC(C)C)c1. The Balaban J connectivity index is 2.74. The van der Waals surface area contributed by atoms with Gasteiger partial charge < -0.3 is 10.1 Å². The van der Waals surface area contributed by atoms with Crippen molar-refractivity contribution in [3.63, 3.8) is 0 Å². The van der Waals surface area contributed by atoms with Gasteiger partial charge in [-0.2, -0.15) is 5.26 Å². The molecule has 0 radical (unpaired) electrons. The molecule has 19 heavy (non-hydrogen) atoms. The molecular weight excluding hydrogens is 240 g/mol. The molecule has 0 aromatic heterocycles. The van der Waals surface area contributed by atoms with E-state index in [4.69, 9.17) is 10.00 Å². The molecule has 0 spiro atoms. The van der Waals surface area contributed by atoms with E-state index in [0.29, 0.717) is 17.7 Å². The summed E-state index contributed by atoms with van der Waals surface area (Å²) in [5, 5.41) is 11.6. The second-order valence-electron chi connectivity index (χ2n) is 4.64. The Labute approximate surface area is 114 Å². The van der Waals surface area contributed by atoms with Crippen LogP contribution in [0.3, 0.4) is 0 Å². The highest BCUT2D eigenvalue weighted by atomic mass is 16.5. The van der Waals surface area contributed by atoms with Crippen LogP contribution in [0.25, 0.3) is 0 Å². The van der Waals surface area contributed by atoms with E-state index in [1.54, 1.807) is 18.2 Å². The average molecular weight is 260 g/mol. The largest absolute Gasteiger partial charge is 0.491 e. The molecule has 0 aliphatic heterocycles. The van der Waals surface area contributed by atoms with Gasteiger partial charge in [0.15, 0.2) is 0 Å². The fraction of sp³-hybridized carbons (Fsp3) is 0.467. The third-order valence-corrected chi connectivity index (χ3v) is 2.51. The number of nitriles is 1. The fourth-order valence-electron chi connectivity index (χ4n) is 1.68. The van der Waals surface area contributed by atoms with Crippen LogP contribution in [0, 0.1) is 11.3 Å². The Morgan fingerprint density at radius 3 is 2.79 bits per heavy atom. The molecule has 4 nitrogen and oxygen atoms in total. The van der Waals surface area contributed by atoms with Crippen molar-refractivity contribution in [3.8, 4) is 11.8 Å². The summed E-state index contributed by atoms with van der Waals surface area (Å²) in [4.78, 5) is 12.0. The summed E-state index contributed by atoms with van der Waals surface area (Å²) in [6.45, 7) is 5.84. The number of benzene rings is 1. The van der Waals surface area contributed by atoms with Gasteiger partial charge in [0.1, 0.15) is 11.8 Å². The van der Waals surface area contributed by atoms with E-state index in [-0.39, 0.29) is 12.0 Å². The van der Waals surface area contributed by atoms with Crippen LogP contribution in [0.4, 0.5) is 0 Å². The van der Waals surface area contributed by atoms with Crippen LogP contribution in [0.2, 0.25) is 0 Å². The number of ether oxygens (including phenoxy) is 1. The van der Waals surface area contributed by atoms with Crippen molar-refractivity contribution in [1.82, 2.24) is 5.32 Å². The molecule has 0 aliphatic rings. The van der Waals surface area contributed by atoms with E-state index in [1.807, 2.05) is 26.8 Å². The molecule has 1 N–H and O–H groups in total. The van der Waals surface area contributed by atoms with Gasteiger partial charge in [-0.25, -0.2) is 0 Å². The number of nitrogens with one attached hydrogen (secondary N) is 1. The van der Waals surface area contributed by atoms with Crippen molar-refractivity contribution in [1.29, 1.82) is 5.26 Å². The van der Waals surface area contributed by atoms with E-state index in [0.717, 1.165) is 6.42 Å². The summed E-state index contributed by atoms with van der Waals surface area (Å²) in [5.74, 6) is 0.417. The zero-order valence-electron chi connectivity index (χ0n) is 11.6. The first-order valence-corrected chi connectivity index (χ1v) is 6.54. The van der Waals surface area contributed by atoms with Gasteiger partial charge in [-0.1, -0.05) is 19.4 Å². The first-order valence-electron chi connectivity index (χ1n) is 6.54. The summed E-state index contributed by atoms with van der Waals surface area (Å²) in [7, 11) is 0. The maximum Gasteiger partial charge on any atom is 0.252 e. The van der Waals surface area contributed by atoms with Crippen molar-refractivity contribution in [2.45, 2.75) is 45.8 Å². The molecule has 1 aromatic carbocycles. The quantitative estimate of drug-likeness (QED) is 0.855. The normalized spacial score (nSPS) is 11.7. The number of nitrogens with zero attached hydrogens (tertiary/aromatic N) is 1. The molecule has 1 atom stereocenters. The molecule has 1 amide bonds. The van der Waals surface area contributed by atoms with Crippen molar-refractivity contribution in [2.24, 2.45) is 0 Å². The van der Waals surface area contributed by atoms with Crippen LogP contribution < -0.4 is 10.1 Å². The van der Waals surface area contributed by atoms with E-state index in [1.165, 1.54) is 0 Å². The molecule has 0 saturated heterocycles. The number of rotatable bonds is 6. The van der Waals surface area contributed by atoms with Crippen LogP contribution in [0.1, 0.15) is 44.0 Å². The minimum atomic E-state index is -0.438. The maximum atomic E-state index is 12.0. The molecule has 1 aromatic rings. The third kappa shape index (κ3) is 5.01. The van der Waals surface area contributed by atoms with E-state index < -0.39 is 6.04 Å². The Hall–Kier alpha value is -2.02. The van der Waals surface area contributed by atoms with Gasteiger partial charge >= 0.3 is 0 Å².